The van der Waals surface area contributed by atoms with Gasteiger partial charge in [-0.25, -0.2) is 18.4 Å². The Kier molecular flexibility index (Phi) is 4.73. The first-order chi connectivity index (χ1) is 18.8. The van der Waals surface area contributed by atoms with Crippen molar-refractivity contribution in [3.63, 3.8) is 0 Å². The summed E-state index contributed by atoms with van der Waals surface area (Å²) in [5, 5.41) is 1.42. The lowest BCUT2D eigenvalue weighted by atomic mass is 8.98. The zero-order chi connectivity index (χ0) is 27.0. The number of hydrogen-bond acceptors (Lipinski definition) is 10. The van der Waals surface area contributed by atoms with Gasteiger partial charge in [-0.3, -0.25) is 10.3 Å². The molecule has 0 spiro atoms. The maximum atomic E-state index is 13.7. The third-order valence-corrected chi connectivity index (χ3v) is 12.1. The lowest BCUT2D eigenvalue weighted by Gasteiger charge is -3.08. The molecule has 7 fully saturated rings. The van der Waals surface area contributed by atoms with Gasteiger partial charge in [0, 0.05) is 19.5 Å². The smallest absolute Gasteiger partial charge is 0.262 e. The molecule has 7 aliphatic rings. The Balaban J connectivity index is 1.17. The average molecular weight is 575 g/mol. The second-order valence-electron chi connectivity index (χ2n) is 11.2. The van der Waals surface area contributed by atoms with E-state index in [9.17, 15) is 8.42 Å². The van der Waals surface area contributed by atoms with Crippen LogP contribution in [0.4, 0.5) is 5.69 Å². The lowest BCUT2D eigenvalue weighted by Crippen LogP contribution is -3.11. The molecule has 0 bridgehead atoms. The predicted octanol–water partition coefficient (Wildman–Crippen LogP) is 1.10. The number of nitrogens with one attached hydrogen (secondary N) is 1. The maximum Gasteiger partial charge on any atom is 0.262 e. The number of hydrazine groups is 1. The minimum Gasteiger partial charge on any atom is -0.479 e. The predicted molar refractivity (Wildman–Crippen MR) is 137 cm³/mol. The van der Waals surface area contributed by atoms with Crippen molar-refractivity contribution in [3.8, 4) is 11.8 Å². The summed E-state index contributed by atoms with van der Waals surface area (Å²) in [7, 11) is 0.252. The van der Waals surface area contributed by atoms with E-state index >= 15 is 0 Å². The molecule has 9 rings (SSSR count). The summed E-state index contributed by atoms with van der Waals surface area (Å²) in [4.78, 5) is 18.6. The highest BCUT2D eigenvalue weighted by Crippen LogP contribution is 3.03. The molecule has 15 heteroatoms. The number of ether oxygens (including phenoxy) is 3. The number of nitrogens with zero attached hydrogens (tertiary/aromatic N) is 7. The zero-order valence-corrected chi connectivity index (χ0v) is 23.2. The third-order valence-electron chi connectivity index (χ3n) is 10.3. The molecule has 0 unspecified atom stereocenters. The number of halogens is 1. The van der Waals surface area contributed by atoms with Crippen molar-refractivity contribution in [2.75, 3.05) is 32.9 Å². The molecule has 1 N–H and O–H groups in total. The minimum absolute atomic E-state index is 0.0714. The van der Waals surface area contributed by atoms with Crippen LogP contribution in [0.2, 0.25) is 5.02 Å². The minimum atomic E-state index is -4.15. The molecule has 6 saturated carbocycles. The summed E-state index contributed by atoms with van der Waals surface area (Å²) in [6.07, 6.45) is 3.18. The monoisotopic (exact) mass is 574 g/mol. The molecule has 6 aliphatic carbocycles. The molecule has 206 valence electrons. The van der Waals surface area contributed by atoms with Gasteiger partial charge in [-0.1, -0.05) is 11.6 Å². The first-order valence-electron chi connectivity index (χ1n) is 12.9. The van der Waals surface area contributed by atoms with Gasteiger partial charge in [-0.05, 0) is 48.3 Å². The zero-order valence-electron chi connectivity index (χ0n) is 21.6. The lowest BCUT2D eigenvalue weighted by molar-refractivity contribution is -0.603. The van der Waals surface area contributed by atoms with Gasteiger partial charge in [0.05, 0.1) is 31.4 Å². The summed E-state index contributed by atoms with van der Waals surface area (Å²) < 4.78 is 48.4. The van der Waals surface area contributed by atoms with Crippen LogP contribution in [0.5, 0.6) is 11.8 Å². The molecule has 2 aromatic rings. The van der Waals surface area contributed by atoms with Crippen LogP contribution in [-0.4, -0.2) is 78.1 Å². The molecule has 3 heterocycles. The largest absolute Gasteiger partial charge is 0.479 e. The molecule has 2 aromatic heterocycles. The van der Waals surface area contributed by atoms with Gasteiger partial charge in [-0.2, -0.15) is 15.0 Å². The molecule has 0 radical (unpaired) electrons. The van der Waals surface area contributed by atoms with Crippen LogP contribution in [-0.2, 0) is 14.8 Å². The topological polar surface area (TPSA) is 144 Å². The number of anilines is 1. The Labute approximate surface area is 230 Å². The van der Waals surface area contributed by atoms with Crippen molar-refractivity contribution < 1.29 is 22.6 Å². The normalized spacial score (nSPS) is 38.8. The van der Waals surface area contributed by atoms with Crippen LogP contribution in [0.25, 0.3) is 0 Å². The van der Waals surface area contributed by atoms with Crippen molar-refractivity contribution in [2.24, 2.45) is 45.8 Å². The Morgan fingerprint density at radius 3 is 2.15 bits per heavy atom. The van der Waals surface area contributed by atoms with E-state index in [0.29, 0.717) is 35.1 Å². The summed E-state index contributed by atoms with van der Waals surface area (Å²) in [6.45, 7) is 1.88. The van der Waals surface area contributed by atoms with Crippen molar-refractivity contribution in [1.82, 2.24) is 30.4 Å². The Morgan fingerprint density at radius 2 is 1.62 bits per heavy atom. The van der Waals surface area contributed by atoms with Crippen LogP contribution in [0, 0.1) is 41.4 Å². The molecule has 39 heavy (non-hydrogen) atoms. The third kappa shape index (κ3) is 2.60. The van der Waals surface area contributed by atoms with Gasteiger partial charge in [0.2, 0.25) is 17.7 Å². The summed E-state index contributed by atoms with van der Waals surface area (Å²) >= 11 is 5.92. The van der Waals surface area contributed by atoms with E-state index in [4.69, 9.17) is 25.8 Å². The van der Waals surface area contributed by atoms with Gasteiger partial charge in [0.15, 0.2) is 11.5 Å². The highest BCUT2D eigenvalue weighted by Gasteiger charge is 3.05. The van der Waals surface area contributed by atoms with Gasteiger partial charge in [0.1, 0.15) is 17.7 Å². The van der Waals surface area contributed by atoms with E-state index in [1.165, 1.54) is 47.0 Å². The quantitative estimate of drug-likeness (QED) is 0.458. The van der Waals surface area contributed by atoms with Crippen molar-refractivity contribution in [2.45, 2.75) is 23.8 Å². The average Bonchev–Trinajstić information content (AvgIpc) is 3.36. The maximum absolute atomic E-state index is 13.7. The number of hydrogen-bond donors (Lipinski definition) is 1. The van der Waals surface area contributed by atoms with Gasteiger partial charge < -0.3 is 14.2 Å². The Morgan fingerprint density at radius 1 is 1.03 bits per heavy atom. The van der Waals surface area contributed by atoms with E-state index in [-0.39, 0.29) is 29.1 Å². The number of rotatable bonds is 9. The van der Waals surface area contributed by atoms with Crippen LogP contribution < -0.4 is 19.8 Å². The van der Waals surface area contributed by atoms with E-state index < -0.39 is 21.4 Å². The van der Waals surface area contributed by atoms with Crippen LogP contribution >= 0.6 is 11.6 Å². The fourth-order valence-electron chi connectivity index (χ4n) is 9.01. The molecule has 0 aromatic carbocycles. The number of aromatic nitrogens is 4. The van der Waals surface area contributed by atoms with Crippen molar-refractivity contribution in [1.29, 1.82) is 0 Å². The first-order valence-corrected chi connectivity index (χ1v) is 14.8. The standard InChI is InChI=1S/C24H27ClN8O5S/c1-9(19(36-2)20-26-5-10(25)6-27-20)39(34,35)31-23-30-33(24-15-12-11-13(15)17(24)14(11)16(12)24)8-32(23)18-21(37-3)28-7-29-22(18)38-4/h5-7,9,11-17,19H,8H2,1-4H3,(H,30,31)/t9-,11?,12?,13?,14?,15?,16?,17?,19-,24?/m0/s1. The number of methoxy groups -OCH3 is 3. The number of sulfonamides is 1. The van der Waals surface area contributed by atoms with E-state index in [1.807, 2.05) is 0 Å². The molecule has 2 atom stereocenters. The number of guanidine groups is 1. The molecule has 0 amide bonds. The second-order valence-corrected chi connectivity index (χ2v) is 13.6. The highest BCUT2D eigenvalue weighted by atomic mass is 35.5. The Hall–Kier alpha value is -2.81. The SMILES string of the molecule is COc1ncnc(OC)c1N1CN(C23C4C5C6C4C2C6C53)NC1=NS(=O)(=O)[C@@H](C)[C@H](OC)c1ncc(Cl)cn1. The van der Waals surface area contributed by atoms with E-state index in [1.54, 1.807) is 4.90 Å². The van der Waals surface area contributed by atoms with Crippen molar-refractivity contribution in [3.05, 3.63) is 29.6 Å². The second kappa shape index (κ2) is 7.68. The molecule has 13 nitrogen and oxygen atoms in total. The summed E-state index contributed by atoms with van der Waals surface area (Å²) in [5.74, 6) is 6.36. The molecule has 1 aliphatic heterocycles. The van der Waals surface area contributed by atoms with Crippen molar-refractivity contribution >= 4 is 33.3 Å². The van der Waals surface area contributed by atoms with Gasteiger partial charge in [-0.15, -0.1) is 4.40 Å². The summed E-state index contributed by atoms with van der Waals surface area (Å²) in [5.41, 5.74) is 3.84. The van der Waals surface area contributed by atoms with Crippen LogP contribution in [0.15, 0.2) is 23.1 Å². The van der Waals surface area contributed by atoms with E-state index in [0.717, 1.165) is 23.7 Å². The van der Waals surface area contributed by atoms with Gasteiger partial charge >= 0.3 is 0 Å². The fraction of sp³-hybridized carbons (Fsp3) is 0.625. The van der Waals surface area contributed by atoms with Gasteiger partial charge in [0.25, 0.3) is 10.0 Å². The van der Waals surface area contributed by atoms with E-state index in [2.05, 4.69) is 34.8 Å². The highest BCUT2D eigenvalue weighted by molar-refractivity contribution is 7.90. The first kappa shape index (κ1) is 24.0. The fourth-order valence-corrected chi connectivity index (χ4v) is 10.2. The molecular formula is C24H27ClN8O5S. The molecular weight excluding hydrogens is 548 g/mol. The molecule has 1 saturated heterocycles. The van der Waals surface area contributed by atoms with Crippen LogP contribution in [0.3, 0.4) is 0 Å². The van der Waals surface area contributed by atoms with Crippen LogP contribution in [0.1, 0.15) is 18.9 Å². The summed E-state index contributed by atoms with van der Waals surface area (Å²) in [6, 6.07) is 0. The Bertz CT molecular complexity index is 1450.